The van der Waals surface area contributed by atoms with Crippen LogP contribution in [0.25, 0.3) is 0 Å². The summed E-state index contributed by atoms with van der Waals surface area (Å²) in [6, 6.07) is 7.76. The number of hydrogen-bond donors (Lipinski definition) is 0. The predicted octanol–water partition coefficient (Wildman–Crippen LogP) is 2.68. The van der Waals surface area contributed by atoms with Gasteiger partial charge in [0.2, 0.25) is 5.91 Å². The molecule has 3 rings (SSSR count). The predicted molar refractivity (Wildman–Crippen MR) is 85.4 cm³/mol. The Morgan fingerprint density at radius 2 is 1.95 bits per heavy atom. The van der Waals surface area contributed by atoms with Crippen molar-refractivity contribution in [3.63, 3.8) is 0 Å². The van der Waals surface area contributed by atoms with Crippen LogP contribution in [0, 0.1) is 5.92 Å². The smallest absolute Gasteiger partial charge is 0.253 e. The molecule has 0 aliphatic carbocycles. The van der Waals surface area contributed by atoms with Crippen LogP contribution in [0.2, 0.25) is 0 Å². The van der Waals surface area contributed by atoms with Crippen molar-refractivity contribution >= 4 is 11.8 Å². The second-order valence-corrected chi connectivity index (χ2v) is 6.61. The fraction of sp³-hybridized carbons (Fsp3) is 0.556. The van der Waals surface area contributed by atoms with E-state index in [1.165, 1.54) is 6.42 Å². The molecule has 2 heterocycles. The second kappa shape index (κ2) is 6.51. The van der Waals surface area contributed by atoms with Crippen LogP contribution in [0.4, 0.5) is 0 Å². The minimum absolute atomic E-state index is 0.135. The first-order chi connectivity index (χ1) is 10.6. The highest BCUT2D eigenvalue weighted by atomic mass is 16.2. The Labute approximate surface area is 132 Å². The van der Waals surface area contributed by atoms with E-state index >= 15 is 0 Å². The van der Waals surface area contributed by atoms with Gasteiger partial charge in [-0.3, -0.25) is 9.59 Å². The highest BCUT2D eigenvalue weighted by molar-refractivity contribution is 5.94. The van der Waals surface area contributed by atoms with E-state index in [2.05, 4.69) is 6.92 Å². The number of piperidine rings is 1. The molecule has 2 aliphatic rings. The van der Waals surface area contributed by atoms with Crippen LogP contribution in [0.3, 0.4) is 0 Å². The van der Waals surface area contributed by atoms with Crippen LogP contribution in [0.1, 0.15) is 48.5 Å². The first kappa shape index (κ1) is 15.1. The number of likely N-dealkylation sites (tertiary alicyclic amines) is 2. The molecule has 0 unspecified atom stereocenters. The van der Waals surface area contributed by atoms with Gasteiger partial charge in [-0.1, -0.05) is 19.1 Å². The molecular weight excluding hydrogens is 276 g/mol. The van der Waals surface area contributed by atoms with E-state index in [1.807, 2.05) is 34.1 Å². The molecule has 0 aromatic heterocycles. The lowest BCUT2D eigenvalue weighted by Gasteiger charge is -2.31. The maximum atomic E-state index is 12.5. The Hall–Kier alpha value is -1.84. The third-order valence-electron chi connectivity index (χ3n) is 4.69. The van der Waals surface area contributed by atoms with Crippen molar-refractivity contribution in [3.05, 3.63) is 35.4 Å². The van der Waals surface area contributed by atoms with Gasteiger partial charge < -0.3 is 9.80 Å². The quantitative estimate of drug-likeness (QED) is 0.861. The van der Waals surface area contributed by atoms with Gasteiger partial charge in [-0.05, 0) is 42.9 Å². The van der Waals surface area contributed by atoms with Crippen molar-refractivity contribution in [2.75, 3.05) is 19.6 Å². The summed E-state index contributed by atoms with van der Waals surface area (Å²) in [5.74, 6) is 0.968. The molecule has 118 valence electrons. The van der Waals surface area contributed by atoms with Gasteiger partial charge in [0.15, 0.2) is 0 Å². The summed E-state index contributed by atoms with van der Waals surface area (Å²) >= 11 is 0. The number of amides is 2. The zero-order valence-corrected chi connectivity index (χ0v) is 13.3. The van der Waals surface area contributed by atoms with E-state index in [0.717, 1.165) is 43.6 Å². The fourth-order valence-electron chi connectivity index (χ4n) is 3.40. The molecule has 2 aliphatic heterocycles. The van der Waals surface area contributed by atoms with Crippen molar-refractivity contribution in [3.8, 4) is 0 Å². The van der Waals surface area contributed by atoms with E-state index < -0.39 is 0 Å². The Bertz CT molecular complexity index is 553. The van der Waals surface area contributed by atoms with Gasteiger partial charge in [0, 0.05) is 38.2 Å². The van der Waals surface area contributed by atoms with Crippen LogP contribution in [0.5, 0.6) is 0 Å². The molecule has 0 spiro atoms. The molecular formula is C18H24N2O2. The van der Waals surface area contributed by atoms with Crippen LogP contribution < -0.4 is 0 Å². The average Bonchev–Trinajstić information content (AvgIpc) is 2.92. The highest BCUT2D eigenvalue weighted by Gasteiger charge is 2.23. The molecule has 2 saturated heterocycles. The van der Waals surface area contributed by atoms with Crippen molar-refractivity contribution in [1.82, 2.24) is 9.80 Å². The molecule has 4 nitrogen and oxygen atoms in total. The van der Waals surface area contributed by atoms with Crippen LogP contribution in [-0.2, 0) is 11.3 Å². The standard InChI is InChI=1S/C18H24N2O2/c1-14-4-2-11-20(12-14)18(22)16-8-6-15(7-9-16)13-19-10-3-5-17(19)21/h6-9,14H,2-5,10-13H2,1H3/t14-/m0/s1. The summed E-state index contributed by atoms with van der Waals surface area (Å²) in [5.41, 5.74) is 1.85. The Morgan fingerprint density at radius 3 is 2.59 bits per heavy atom. The molecule has 1 aromatic rings. The SMILES string of the molecule is C[C@H]1CCCN(C(=O)c2ccc(CN3CCCC3=O)cc2)C1. The zero-order chi connectivity index (χ0) is 15.5. The molecule has 22 heavy (non-hydrogen) atoms. The third kappa shape index (κ3) is 3.32. The van der Waals surface area contributed by atoms with Crippen LogP contribution in [0.15, 0.2) is 24.3 Å². The van der Waals surface area contributed by atoms with Gasteiger partial charge in [-0.25, -0.2) is 0 Å². The molecule has 0 saturated carbocycles. The lowest BCUT2D eigenvalue weighted by atomic mass is 9.99. The maximum absolute atomic E-state index is 12.5. The lowest BCUT2D eigenvalue weighted by Crippen LogP contribution is -2.39. The topological polar surface area (TPSA) is 40.6 Å². The third-order valence-corrected chi connectivity index (χ3v) is 4.69. The van der Waals surface area contributed by atoms with Gasteiger partial charge in [0.05, 0.1) is 0 Å². The number of nitrogens with zero attached hydrogens (tertiary/aromatic N) is 2. The van der Waals surface area contributed by atoms with Crippen LogP contribution >= 0.6 is 0 Å². The summed E-state index contributed by atoms with van der Waals surface area (Å²) in [6.07, 6.45) is 3.95. The Morgan fingerprint density at radius 1 is 1.18 bits per heavy atom. The second-order valence-electron chi connectivity index (χ2n) is 6.61. The van der Waals surface area contributed by atoms with Gasteiger partial charge in [0.25, 0.3) is 5.91 Å². The van der Waals surface area contributed by atoms with E-state index in [9.17, 15) is 9.59 Å². The molecule has 2 amide bonds. The number of carbonyl (C=O) groups is 2. The summed E-state index contributed by atoms with van der Waals surface area (Å²) < 4.78 is 0. The number of rotatable bonds is 3. The summed E-state index contributed by atoms with van der Waals surface area (Å²) in [5, 5.41) is 0. The van der Waals surface area contributed by atoms with E-state index in [-0.39, 0.29) is 11.8 Å². The van der Waals surface area contributed by atoms with E-state index in [0.29, 0.717) is 18.9 Å². The monoisotopic (exact) mass is 300 g/mol. The van der Waals surface area contributed by atoms with Gasteiger partial charge in [-0.15, -0.1) is 0 Å². The molecule has 1 aromatic carbocycles. The number of carbonyl (C=O) groups excluding carboxylic acids is 2. The van der Waals surface area contributed by atoms with Crippen molar-refractivity contribution < 1.29 is 9.59 Å². The highest BCUT2D eigenvalue weighted by Crippen LogP contribution is 2.19. The summed E-state index contributed by atoms with van der Waals surface area (Å²) in [4.78, 5) is 28.0. The first-order valence-corrected chi connectivity index (χ1v) is 8.29. The van der Waals surface area contributed by atoms with E-state index in [4.69, 9.17) is 0 Å². The average molecular weight is 300 g/mol. The zero-order valence-electron chi connectivity index (χ0n) is 13.3. The van der Waals surface area contributed by atoms with E-state index in [1.54, 1.807) is 0 Å². The Kier molecular flexibility index (Phi) is 4.46. The van der Waals surface area contributed by atoms with Gasteiger partial charge in [0.1, 0.15) is 0 Å². The molecule has 1 atom stereocenters. The van der Waals surface area contributed by atoms with Gasteiger partial charge in [-0.2, -0.15) is 0 Å². The molecule has 0 N–H and O–H groups in total. The minimum Gasteiger partial charge on any atom is -0.338 e. The van der Waals surface area contributed by atoms with Crippen molar-refractivity contribution in [2.45, 2.75) is 39.2 Å². The first-order valence-electron chi connectivity index (χ1n) is 8.29. The summed E-state index contributed by atoms with van der Waals surface area (Å²) in [7, 11) is 0. The van der Waals surface area contributed by atoms with Crippen molar-refractivity contribution in [1.29, 1.82) is 0 Å². The van der Waals surface area contributed by atoms with Crippen molar-refractivity contribution in [2.24, 2.45) is 5.92 Å². The number of benzene rings is 1. The number of hydrogen-bond acceptors (Lipinski definition) is 2. The molecule has 0 radical (unpaired) electrons. The molecule has 0 bridgehead atoms. The molecule has 2 fully saturated rings. The van der Waals surface area contributed by atoms with Crippen LogP contribution in [-0.4, -0.2) is 41.2 Å². The normalized spacial score (nSPS) is 22.2. The summed E-state index contributed by atoms with van der Waals surface area (Å²) in [6.45, 7) is 5.45. The molecule has 4 heteroatoms. The Balaban J connectivity index is 1.63. The fourth-order valence-corrected chi connectivity index (χ4v) is 3.40. The lowest BCUT2D eigenvalue weighted by molar-refractivity contribution is -0.128. The van der Waals surface area contributed by atoms with Gasteiger partial charge >= 0.3 is 0 Å². The minimum atomic E-state index is 0.135. The largest absolute Gasteiger partial charge is 0.338 e. The maximum Gasteiger partial charge on any atom is 0.253 e.